The number of carbonyl (C=O) groups excluding carboxylic acids is 1. The molecule has 8 nitrogen and oxygen atoms in total. The van der Waals surface area contributed by atoms with Gasteiger partial charge < -0.3 is 36.0 Å². The zero-order chi connectivity index (χ0) is 33.1. The molecule has 2 aromatic rings. The lowest BCUT2D eigenvalue weighted by molar-refractivity contribution is 0.0690. The van der Waals surface area contributed by atoms with Crippen molar-refractivity contribution in [1.29, 1.82) is 0 Å². The van der Waals surface area contributed by atoms with E-state index in [9.17, 15) is 30.3 Å². The summed E-state index contributed by atoms with van der Waals surface area (Å²) in [4.78, 5) is 11.9. The van der Waals surface area contributed by atoms with Crippen LogP contribution >= 0.6 is 0 Å². The highest BCUT2D eigenvalue weighted by Crippen LogP contribution is 2.45. The largest absolute Gasteiger partial charge is 0.508 e. The van der Waals surface area contributed by atoms with Crippen molar-refractivity contribution in [3.8, 4) is 23.0 Å². The third-order valence-electron chi connectivity index (χ3n) is 9.84. The number of aliphatic hydroxyl groups is 1. The normalized spacial score (nSPS) is 25.4. The zero-order valence-corrected chi connectivity index (χ0v) is 27.8. The number of benzene rings is 2. The van der Waals surface area contributed by atoms with Gasteiger partial charge >= 0.3 is 6.09 Å². The Kier molecular flexibility index (Phi) is 14.2. The average Bonchev–Trinajstić information content (AvgIpc) is 2.98. The Morgan fingerprint density at radius 2 is 1.11 bits per heavy atom. The summed E-state index contributed by atoms with van der Waals surface area (Å²) >= 11 is 0. The smallest absolute Gasteiger partial charge is 0.405 e. The van der Waals surface area contributed by atoms with E-state index in [4.69, 9.17) is 10.5 Å². The van der Waals surface area contributed by atoms with Crippen LogP contribution in [0.3, 0.4) is 0 Å². The Morgan fingerprint density at radius 3 is 1.53 bits per heavy atom. The Morgan fingerprint density at radius 1 is 0.711 bits per heavy atom. The van der Waals surface area contributed by atoms with Crippen molar-refractivity contribution in [3.63, 3.8) is 0 Å². The van der Waals surface area contributed by atoms with Crippen LogP contribution in [0.4, 0.5) is 4.79 Å². The molecule has 252 valence electrons. The van der Waals surface area contributed by atoms with Crippen molar-refractivity contribution in [2.45, 2.75) is 142 Å². The first-order valence-corrected chi connectivity index (χ1v) is 17.2. The van der Waals surface area contributed by atoms with Gasteiger partial charge in [0.25, 0.3) is 0 Å². The van der Waals surface area contributed by atoms with Crippen LogP contribution in [0.25, 0.3) is 0 Å². The fourth-order valence-corrected chi connectivity index (χ4v) is 7.22. The standard InChI is InChI=1S/C37H57NO7/c1-5-7-15-25-18-12-10-14-24(4)36(45-37(38)44)28-21-31(41)34(32(42)22-28)26(16-8-6-2)17-11-9-13-23(3)35(43)27-19-29(39)33(25)30(40)20-27/h19-26,35-36,39-43H,5-18H2,1-4H3,(H2,38,44)/t23-,24-,25-,26-,35+,36+/m0/s1. The molecule has 45 heavy (non-hydrogen) atoms. The van der Waals surface area contributed by atoms with Gasteiger partial charge in [-0.2, -0.15) is 0 Å². The molecule has 4 aliphatic carbocycles. The molecule has 0 radical (unpaired) electrons. The molecule has 8 heteroatoms. The first-order chi connectivity index (χ1) is 21.5. The Balaban J connectivity index is 1.98. The predicted octanol–water partition coefficient (Wildman–Crippen LogP) is 9.33. The maximum Gasteiger partial charge on any atom is 0.405 e. The minimum absolute atomic E-state index is 0.00344. The molecular formula is C37H57NO7. The minimum Gasteiger partial charge on any atom is -0.508 e. The molecular weight excluding hydrogens is 570 g/mol. The van der Waals surface area contributed by atoms with Crippen LogP contribution in [0.1, 0.15) is 164 Å². The van der Waals surface area contributed by atoms with Crippen LogP contribution in [0.15, 0.2) is 24.3 Å². The zero-order valence-electron chi connectivity index (χ0n) is 27.8. The molecule has 0 saturated heterocycles. The number of aromatic hydroxyl groups is 4. The lowest BCUT2D eigenvalue weighted by Crippen LogP contribution is -2.22. The number of primary amides is 1. The summed E-state index contributed by atoms with van der Waals surface area (Å²) < 4.78 is 5.55. The molecule has 0 fully saturated rings. The minimum atomic E-state index is -0.912. The van der Waals surface area contributed by atoms with E-state index in [2.05, 4.69) is 13.8 Å². The second-order valence-corrected chi connectivity index (χ2v) is 13.4. The monoisotopic (exact) mass is 627 g/mol. The van der Waals surface area contributed by atoms with E-state index in [1.807, 2.05) is 13.8 Å². The lowest BCUT2D eigenvalue weighted by Gasteiger charge is -2.27. The number of unbranched alkanes of at least 4 members (excludes halogenated alkanes) is 2. The lowest BCUT2D eigenvalue weighted by atomic mass is 9.83. The first-order valence-electron chi connectivity index (χ1n) is 17.2. The third kappa shape index (κ3) is 9.93. The van der Waals surface area contributed by atoms with Gasteiger partial charge in [0.05, 0.1) is 6.10 Å². The molecule has 0 saturated carbocycles. The van der Waals surface area contributed by atoms with Crippen molar-refractivity contribution in [1.82, 2.24) is 0 Å². The number of phenolic OH excluding ortho intramolecular Hbond substituents is 4. The molecule has 7 N–H and O–H groups in total. The highest BCUT2D eigenvalue weighted by atomic mass is 16.6. The van der Waals surface area contributed by atoms with Crippen LogP contribution in [0.2, 0.25) is 0 Å². The molecule has 6 atom stereocenters. The number of carbonyl (C=O) groups is 1. The Bertz CT molecular complexity index is 1190. The average molecular weight is 628 g/mol. The summed E-state index contributed by atoms with van der Waals surface area (Å²) in [5.74, 6) is -0.258. The van der Waals surface area contributed by atoms with Crippen molar-refractivity contribution in [3.05, 3.63) is 46.5 Å². The van der Waals surface area contributed by atoms with Crippen LogP contribution < -0.4 is 5.73 Å². The molecule has 1 amide bonds. The highest BCUT2D eigenvalue weighted by molar-refractivity contribution is 5.65. The van der Waals surface area contributed by atoms with E-state index in [1.165, 1.54) is 0 Å². The number of hydrogen-bond acceptors (Lipinski definition) is 7. The molecule has 4 bridgehead atoms. The second-order valence-electron chi connectivity index (χ2n) is 13.4. The number of amides is 1. The number of phenols is 4. The summed E-state index contributed by atoms with van der Waals surface area (Å²) in [6.45, 7) is 8.18. The quantitative estimate of drug-likeness (QED) is 0.179. The summed E-state index contributed by atoms with van der Waals surface area (Å²) in [5, 5.41) is 55.8. The van der Waals surface area contributed by atoms with E-state index < -0.39 is 18.3 Å². The molecule has 2 aromatic carbocycles. The highest BCUT2D eigenvalue weighted by Gasteiger charge is 2.29. The summed E-state index contributed by atoms with van der Waals surface area (Å²) in [7, 11) is 0. The Labute approximate surface area is 269 Å². The van der Waals surface area contributed by atoms with E-state index in [0.717, 1.165) is 83.5 Å². The van der Waals surface area contributed by atoms with Gasteiger partial charge in [0, 0.05) is 16.7 Å². The molecule has 0 unspecified atom stereocenters. The molecule has 0 heterocycles. The van der Waals surface area contributed by atoms with Crippen LogP contribution in [0, 0.1) is 11.8 Å². The van der Waals surface area contributed by atoms with Gasteiger partial charge in [-0.05, 0) is 92.0 Å². The Hall–Kier alpha value is -3.13. The number of rotatable bonds is 7. The maximum atomic E-state index is 11.9. The second kappa shape index (κ2) is 17.5. The van der Waals surface area contributed by atoms with Gasteiger partial charge in [-0.1, -0.05) is 79.1 Å². The number of hydrogen-bond donors (Lipinski definition) is 6. The number of ether oxygens (including phenoxy) is 1. The van der Waals surface area contributed by atoms with E-state index in [-0.39, 0.29) is 46.7 Å². The van der Waals surface area contributed by atoms with Gasteiger partial charge in [0.2, 0.25) is 0 Å². The predicted molar refractivity (Wildman–Crippen MR) is 178 cm³/mol. The van der Waals surface area contributed by atoms with E-state index in [1.54, 1.807) is 24.3 Å². The van der Waals surface area contributed by atoms with Gasteiger partial charge in [0.15, 0.2) is 0 Å². The van der Waals surface area contributed by atoms with Gasteiger partial charge in [-0.3, -0.25) is 0 Å². The molecule has 0 spiro atoms. The van der Waals surface area contributed by atoms with E-state index >= 15 is 0 Å². The molecule has 4 aliphatic rings. The van der Waals surface area contributed by atoms with Crippen molar-refractivity contribution in [2.24, 2.45) is 17.6 Å². The SMILES string of the molecule is CCCC[C@H]1CCCC[C@H](C)[C@@H](O)c2cc(O)c(c(O)c2)[C@@H](CCCC)CCCC[C@H](C)[C@@H](OC(N)=O)c2cc(O)c1c(O)c2. The fraction of sp³-hybridized carbons (Fsp3) is 0.649. The number of aliphatic hydroxyl groups excluding tert-OH is 1. The van der Waals surface area contributed by atoms with Crippen molar-refractivity contribution in [2.75, 3.05) is 0 Å². The first kappa shape index (κ1) is 36.3. The van der Waals surface area contributed by atoms with Crippen molar-refractivity contribution >= 4 is 6.09 Å². The molecule has 0 aromatic heterocycles. The number of nitrogens with two attached hydrogens (primary N) is 1. The van der Waals surface area contributed by atoms with Crippen LogP contribution in [-0.4, -0.2) is 31.6 Å². The fourth-order valence-electron chi connectivity index (χ4n) is 7.22. The van der Waals surface area contributed by atoms with Crippen LogP contribution in [0.5, 0.6) is 23.0 Å². The summed E-state index contributed by atoms with van der Waals surface area (Å²) in [6, 6.07) is 6.45. The third-order valence-corrected chi connectivity index (χ3v) is 9.84. The van der Waals surface area contributed by atoms with Gasteiger partial charge in [-0.15, -0.1) is 0 Å². The van der Waals surface area contributed by atoms with Gasteiger partial charge in [0.1, 0.15) is 29.1 Å². The summed E-state index contributed by atoms with van der Waals surface area (Å²) in [6.07, 6.45) is 9.30. The maximum absolute atomic E-state index is 11.9. The van der Waals surface area contributed by atoms with Crippen molar-refractivity contribution < 1.29 is 35.1 Å². The molecule has 6 rings (SSSR count). The van der Waals surface area contributed by atoms with Gasteiger partial charge in [-0.25, -0.2) is 4.79 Å². The summed E-state index contributed by atoms with van der Waals surface area (Å²) in [5.41, 5.74) is 7.56. The van der Waals surface area contributed by atoms with E-state index in [0.29, 0.717) is 28.7 Å². The topological polar surface area (TPSA) is 153 Å². The molecule has 0 aliphatic heterocycles. The van der Waals surface area contributed by atoms with Crippen LogP contribution in [-0.2, 0) is 4.74 Å².